The first-order chi connectivity index (χ1) is 19.7. The second-order valence-corrected chi connectivity index (χ2v) is 9.99. The maximum atomic E-state index is 14.1. The molecule has 2 aliphatic rings. The number of aryl methyl sites for hydroxylation is 1. The van der Waals surface area contributed by atoms with E-state index in [9.17, 15) is 19.2 Å². The maximum absolute atomic E-state index is 14.1. The summed E-state index contributed by atoms with van der Waals surface area (Å²) in [6.07, 6.45) is 0. The number of fused-ring (bicyclic) bond motifs is 2. The summed E-state index contributed by atoms with van der Waals surface area (Å²) in [6.45, 7) is 3.59. The number of anilines is 3. The molecule has 6 rings (SSSR count). The van der Waals surface area contributed by atoms with Gasteiger partial charge in [0.15, 0.2) is 0 Å². The summed E-state index contributed by atoms with van der Waals surface area (Å²) < 4.78 is 8.27. The molecular formula is C31H27N5O5. The number of Topliss-reactive ketones (excluding diaryl/α,β-unsaturated/α-hetero) is 1. The summed E-state index contributed by atoms with van der Waals surface area (Å²) in [7, 11) is 2.85. The van der Waals surface area contributed by atoms with E-state index >= 15 is 0 Å². The van der Waals surface area contributed by atoms with Gasteiger partial charge in [0, 0.05) is 7.05 Å². The number of esters is 1. The topological polar surface area (TPSA) is 115 Å². The molecule has 2 aliphatic heterocycles. The molecule has 10 heteroatoms. The highest BCUT2D eigenvalue weighted by atomic mass is 16.5. The van der Waals surface area contributed by atoms with Gasteiger partial charge in [-0.15, -0.1) is 0 Å². The van der Waals surface area contributed by atoms with Crippen LogP contribution in [0.15, 0.2) is 89.2 Å². The van der Waals surface area contributed by atoms with Crippen molar-refractivity contribution in [3.05, 3.63) is 112 Å². The Balaban J connectivity index is 1.72. The molecule has 0 aliphatic carbocycles. The maximum Gasteiger partial charge on any atom is 0.358 e. The van der Waals surface area contributed by atoms with Gasteiger partial charge >= 0.3 is 11.9 Å². The molecule has 0 bridgehead atoms. The number of carbonyl (C=O) groups is 3. The molecule has 1 saturated heterocycles. The van der Waals surface area contributed by atoms with E-state index in [4.69, 9.17) is 4.74 Å². The summed E-state index contributed by atoms with van der Waals surface area (Å²) >= 11 is 0. The third kappa shape index (κ3) is 3.64. The normalized spacial score (nSPS) is 17.9. The van der Waals surface area contributed by atoms with Crippen molar-refractivity contribution >= 4 is 40.4 Å². The van der Waals surface area contributed by atoms with Crippen LogP contribution in [0.5, 0.6) is 0 Å². The zero-order chi connectivity index (χ0) is 29.1. The zero-order valence-electron chi connectivity index (χ0n) is 22.9. The molecule has 206 valence electrons. The van der Waals surface area contributed by atoms with E-state index in [0.29, 0.717) is 28.3 Å². The van der Waals surface area contributed by atoms with Crippen molar-refractivity contribution in [3.63, 3.8) is 0 Å². The fourth-order valence-corrected chi connectivity index (χ4v) is 5.55. The predicted octanol–water partition coefficient (Wildman–Crippen LogP) is 3.53. The summed E-state index contributed by atoms with van der Waals surface area (Å²) in [5.74, 6) is -2.90. The lowest BCUT2D eigenvalue weighted by molar-refractivity contribution is -0.145. The van der Waals surface area contributed by atoms with Crippen molar-refractivity contribution in [1.82, 2.24) is 9.36 Å². The quantitative estimate of drug-likeness (QED) is 0.296. The largest absolute Gasteiger partial charge is 0.466 e. The Morgan fingerprint density at radius 2 is 1.49 bits per heavy atom. The second kappa shape index (κ2) is 9.37. The highest BCUT2D eigenvalue weighted by molar-refractivity contribution is 6.55. The number of benzene rings is 3. The van der Waals surface area contributed by atoms with Crippen LogP contribution in [-0.2, 0) is 26.2 Å². The number of amides is 1. The van der Waals surface area contributed by atoms with Crippen LogP contribution < -0.4 is 21.1 Å². The SMILES string of the molecule is COC(=O)C12Nc3ccccc3NC(c3ccc(C)cc3)=C1C(=O)C(=O)N2c1c(C)n(C)n(-c2ccccc2)c1=O. The summed E-state index contributed by atoms with van der Waals surface area (Å²) in [4.78, 5) is 57.2. The average molecular weight is 550 g/mol. The highest BCUT2D eigenvalue weighted by Gasteiger charge is 2.65. The van der Waals surface area contributed by atoms with Crippen LogP contribution in [0.3, 0.4) is 0 Å². The van der Waals surface area contributed by atoms with Gasteiger partial charge in [0.2, 0.25) is 0 Å². The third-order valence-electron chi connectivity index (χ3n) is 7.64. The molecule has 0 radical (unpaired) electrons. The third-order valence-corrected chi connectivity index (χ3v) is 7.64. The Kier molecular flexibility index (Phi) is 5.91. The van der Waals surface area contributed by atoms with E-state index < -0.39 is 28.9 Å². The minimum Gasteiger partial charge on any atom is -0.466 e. The van der Waals surface area contributed by atoms with Gasteiger partial charge in [0.25, 0.3) is 17.0 Å². The van der Waals surface area contributed by atoms with Crippen molar-refractivity contribution in [2.75, 3.05) is 22.6 Å². The fraction of sp³-hybridized carbons (Fsp3) is 0.161. The van der Waals surface area contributed by atoms with Gasteiger partial charge in [-0.3, -0.25) is 24.0 Å². The number of aromatic nitrogens is 2. The number of carbonyl (C=O) groups excluding carboxylic acids is 3. The molecule has 0 spiro atoms. The number of methoxy groups -OCH3 is 1. The molecule has 10 nitrogen and oxygen atoms in total. The zero-order valence-corrected chi connectivity index (χ0v) is 22.9. The van der Waals surface area contributed by atoms with E-state index in [0.717, 1.165) is 10.5 Å². The minimum atomic E-state index is -2.19. The Bertz CT molecular complexity index is 1830. The van der Waals surface area contributed by atoms with Gasteiger partial charge in [0.05, 0.1) is 41.1 Å². The Morgan fingerprint density at radius 3 is 2.15 bits per heavy atom. The molecule has 1 fully saturated rings. The summed E-state index contributed by atoms with van der Waals surface area (Å²) in [6, 6.07) is 23.3. The standard InChI is InChI=1S/C31H27N5O5/c1-18-14-16-20(17-15-18)25-24-27(37)29(39)35(26-19(2)34(3)36(28(26)38)21-10-6-5-7-11-21)31(24,30(40)41-4)33-23-13-9-8-12-22(23)32-25/h5-17,32-33H,1-4H3. The molecule has 4 aromatic rings. The fourth-order valence-electron chi connectivity index (χ4n) is 5.55. The van der Waals surface area contributed by atoms with E-state index in [-0.39, 0.29) is 17.0 Å². The van der Waals surface area contributed by atoms with Crippen molar-refractivity contribution in [1.29, 1.82) is 0 Å². The van der Waals surface area contributed by atoms with Crippen molar-refractivity contribution in [2.24, 2.45) is 7.05 Å². The molecule has 1 amide bonds. The van der Waals surface area contributed by atoms with Crippen LogP contribution >= 0.6 is 0 Å². The van der Waals surface area contributed by atoms with Gasteiger partial charge in [-0.05, 0) is 43.7 Å². The number of ketones is 1. The Hall–Kier alpha value is -5.38. The monoisotopic (exact) mass is 549 g/mol. The molecule has 0 saturated carbocycles. The average Bonchev–Trinajstić information content (AvgIpc) is 3.24. The van der Waals surface area contributed by atoms with Crippen LogP contribution in [0.2, 0.25) is 0 Å². The summed E-state index contributed by atoms with van der Waals surface area (Å²) in [5, 5.41) is 6.45. The van der Waals surface area contributed by atoms with Gasteiger partial charge < -0.3 is 15.4 Å². The van der Waals surface area contributed by atoms with E-state index in [1.54, 1.807) is 73.3 Å². The lowest BCUT2D eigenvalue weighted by atomic mass is 9.93. The molecule has 1 unspecified atom stereocenters. The first kappa shape index (κ1) is 25.9. The van der Waals surface area contributed by atoms with E-state index in [1.165, 1.54) is 11.8 Å². The van der Waals surface area contributed by atoms with Crippen LogP contribution in [-0.4, -0.2) is 39.8 Å². The lowest BCUT2D eigenvalue weighted by Crippen LogP contribution is -2.60. The molecule has 41 heavy (non-hydrogen) atoms. The Labute approximate surface area is 235 Å². The number of ether oxygens (including phenoxy) is 1. The minimum absolute atomic E-state index is 0.120. The van der Waals surface area contributed by atoms with E-state index in [2.05, 4.69) is 10.6 Å². The molecule has 3 heterocycles. The van der Waals surface area contributed by atoms with Crippen LogP contribution in [0.4, 0.5) is 17.1 Å². The van der Waals surface area contributed by atoms with Crippen LogP contribution in [0, 0.1) is 13.8 Å². The number of para-hydroxylation sites is 3. The molecule has 1 aromatic heterocycles. The van der Waals surface area contributed by atoms with Crippen LogP contribution in [0.25, 0.3) is 11.4 Å². The highest BCUT2D eigenvalue weighted by Crippen LogP contribution is 2.46. The van der Waals surface area contributed by atoms with E-state index in [1.807, 2.05) is 31.2 Å². The number of hydrogen-bond donors (Lipinski definition) is 2. The van der Waals surface area contributed by atoms with Crippen molar-refractivity contribution < 1.29 is 19.1 Å². The van der Waals surface area contributed by atoms with Crippen molar-refractivity contribution in [3.8, 4) is 5.69 Å². The van der Waals surface area contributed by atoms with Gasteiger partial charge in [-0.25, -0.2) is 9.48 Å². The predicted molar refractivity (Wildman–Crippen MR) is 155 cm³/mol. The first-order valence-electron chi connectivity index (χ1n) is 13.0. The number of nitrogens with zero attached hydrogens (tertiary/aromatic N) is 3. The Morgan fingerprint density at radius 1 is 0.854 bits per heavy atom. The first-order valence-corrected chi connectivity index (χ1v) is 13.0. The summed E-state index contributed by atoms with van der Waals surface area (Å²) in [5.41, 5.74) is 0.689. The smallest absolute Gasteiger partial charge is 0.358 e. The van der Waals surface area contributed by atoms with Crippen molar-refractivity contribution in [2.45, 2.75) is 19.5 Å². The molecular weight excluding hydrogens is 522 g/mol. The molecule has 2 N–H and O–H groups in total. The number of nitrogens with one attached hydrogen (secondary N) is 2. The second-order valence-electron chi connectivity index (χ2n) is 9.99. The number of rotatable bonds is 4. The van der Waals surface area contributed by atoms with Gasteiger partial charge in [-0.2, -0.15) is 0 Å². The van der Waals surface area contributed by atoms with Crippen LogP contribution in [0.1, 0.15) is 16.8 Å². The van der Waals surface area contributed by atoms with Gasteiger partial charge in [-0.1, -0.05) is 60.2 Å². The number of hydrogen-bond acceptors (Lipinski definition) is 7. The molecule has 3 aromatic carbocycles. The molecule has 1 atom stereocenters. The lowest BCUT2D eigenvalue weighted by Gasteiger charge is -2.36. The van der Waals surface area contributed by atoms with Gasteiger partial charge in [0.1, 0.15) is 5.69 Å².